The van der Waals surface area contributed by atoms with Crippen LogP contribution in [0, 0.1) is 5.92 Å². The minimum atomic E-state index is 0.324. The molecule has 128 valence electrons. The summed E-state index contributed by atoms with van der Waals surface area (Å²) in [6.07, 6.45) is 2.46. The number of phenols is 1. The first-order valence-corrected chi connectivity index (χ1v) is 9.03. The molecule has 2 N–H and O–H groups in total. The lowest BCUT2D eigenvalue weighted by Crippen LogP contribution is -2.36. The number of hydrogen-bond donors (Lipinski definition) is 2. The molecular formula is C20H25ClN2O. The summed E-state index contributed by atoms with van der Waals surface area (Å²) in [5.74, 6) is 1.06. The third-order valence-electron chi connectivity index (χ3n) is 4.76. The standard InChI is InChI=1S/C20H25ClN2O/c21-20-4-2-1-3-18(20)15-23-11-9-17(10-12-23)14-22-13-16-5-7-19(24)8-6-16/h1-8,17,22,24H,9-15H2. The number of nitrogens with zero attached hydrogens (tertiary/aromatic N) is 1. The number of benzene rings is 2. The Balaban J connectivity index is 1.37. The van der Waals surface area contributed by atoms with Crippen LogP contribution in [0.2, 0.25) is 5.02 Å². The smallest absolute Gasteiger partial charge is 0.115 e. The molecule has 0 radical (unpaired) electrons. The van der Waals surface area contributed by atoms with E-state index in [4.69, 9.17) is 11.6 Å². The van der Waals surface area contributed by atoms with Crippen molar-refractivity contribution < 1.29 is 5.11 Å². The van der Waals surface area contributed by atoms with Crippen LogP contribution in [0.25, 0.3) is 0 Å². The van der Waals surface area contributed by atoms with Gasteiger partial charge in [-0.05, 0) is 67.7 Å². The van der Waals surface area contributed by atoms with Gasteiger partial charge in [0.05, 0.1) is 0 Å². The number of phenolic OH excluding ortho intramolecular Hbond substituents is 1. The third kappa shape index (κ3) is 4.97. The zero-order valence-corrected chi connectivity index (χ0v) is 14.7. The fourth-order valence-electron chi connectivity index (χ4n) is 3.25. The monoisotopic (exact) mass is 344 g/mol. The van der Waals surface area contributed by atoms with Crippen LogP contribution in [0.5, 0.6) is 5.75 Å². The maximum absolute atomic E-state index is 9.30. The Hall–Kier alpha value is -1.55. The van der Waals surface area contributed by atoms with Crippen LogP contribution in [-0.4, -0.2) is 29.6 Å². The molecule has 1 aliphatic rings. The Bertz CT molecular complexity index is 636. The van der Waals surface area contributed by atoms with Crippen LogP contribution in [0.3, 0.4) is 0 Å². The van der Waals surface area contributed by atoms with Gasteiger partial charge in [0.1, 0.15) is 5.75 Å². The van der Waals surface area contributed by atoms with Crippen molar-refractivity contribution in [2.75, 3.05) is 19.6 Å². The number of hydrogen-bond acceptors (Lipinski definition) is 3. The number of rotatable bonds is 6. The molecule has 0 atom stereocenters. The molecule has 24 heavy (non-hydrogen) atoms. The van der Waals surface area contributed by atoms with Crippen LogP contribution in [0.15, 0.2) is 48.5 Å². The third-order valence-corrected chi connectivity index (χ3v) is 5.13. The van der Waals surface area contributed by atoms with Crippen LogP contribution >= 0.6 is 11.6 Å². The predicted molar refractivity (Wildman–Crippen MR) is 99.3 cm³/mol. The summed E-state index contributed by atoms with van der Waals surface area (Å²) >= 11 is 6.26. The highest BCUT2D eigenvalue weighted by molar-refractivity contribution is 6.31. The van der Waals surface area contributed by atoms with Crippen LogP contribution in [0.4, 0.5) is 0 Å². The summed E-state index contributed by atoms with van der Waals surface area (Å²) in [6, 6.07) is 15.5. The molecule has 1 saturated heterocycles. The van der Waals surface area contributed by atoms with E-state index >= 15 is 0 Å². The number of halogens is 1. The van der Waals surface area contributed by atoms with E-state index in [1.165, 1.54) is 24.0 Å². The van der Waals surface area contributed by atoms with Gasteiger partial charge in [0.25, 0.3) is 0 Å². The molecule has 0 amide bonds. The maximum atomic E-state index is 9.30. The van der Waals surface area contributed by atoms with Gasteiger partial charge in [-0.1, -0.05) is 41.9 Å². The van der Waals surface area contributed by atoms with E-state index in [2.05, 4.69) is 22.3 Å². The topological polar surface area (TPSA) is 35.5 Å². The SMILES string of the molecule is Oc1ccc(CNCC2CCN(Cc3ccccc3Cl)CC2)cc1. The Morgan fingerprint density at radius 2 is 1.75 bits per heavy atom. The van der Waals surface area contributed by atoms with Crippen molar-refractivity contribution in [1.82, 2.24) is 10.2 Å². The van der Waals surface area contributed by atoms with Gasteiger partial charge in [-0.2, -0.15) is 0 Å². The molecule has 4 heteroatoms. The quantitative estimate of drug-likeness (QED) is 0.830. The maximum Gasteiger partial charge on any atom is 0.115 e. The van der Waals surface area contributed by atoms with Crippen molar-refractivity contribution in [2.24, 2.45) is 5.92 Å². The number of nitrogens with one attached hydrogen (secondary N) is 1. The lowest BCUT2D eigenvalue weighted by Gasteiger charge is -2.32. The van der Waals surface area contributed by atoms with Crippen LogP contribution in [-0.2, 0) is 13.1 Å². The molecular weight excluding hydrogens is 320 g/mol. The molecule has 0 spiro atoms. The molecule has 0 unspecified atom stereocenters. The van der Waals surface area contributed by atoms with Gasteiger partial charge in [0.2, 0.25) is 0 Å². The van der Waals surface area contributed by atoms with Crippen molar-refractivity contribution in [3.05, 3.63) is 64.7 Å². The normalized spacial score (nSPS) is 16.4. The minimum Gasteiger partial charge on any atom is -0.508 e. The van der Waals surface area contributed by atoms with Crippen LogP contribution in [0.1, 0.15) is 24.0 Å². The molecule has 1 aliphatic heterocycles. The second-order valence-electron chi connectivity index (χ2n) is 6.61. The highest BCUT2D eigenvalue weighted by Gasteiger charge is 2.19. The van der Waals surface area contributed by atoms with E-state index in [9.17, 15) is 5.11 Å². The molecule has 0 aromatic heterocycles. The van der Waals surface area contributed by atoms with Crippen molar-refractivity contribution in [1.29, 1.82) is 0 Å². The first-order valence-electron chi connectivity index (χ1n) is 8.65. The summed E-state index contributed by atoms with van der Waals surface area (Å²) in [4.78, 5) is 2.50. The van der Waals surface area contributed by atoms with Crippen molar-refractivity contribution >= 4 is 11.6 Å². The number of likely N-dealkylation sites (tertiary alicyclic amines) is 1. The first kappa shape index (κ1) is 17.3. The number of aromatic hydroxyl groups is 1. The minimum absolute atomic E-state index is 0.324. The second-order valence-corrected chi connectivity index (χ2v) is 7.02. The molecule has 0 saturated carbocycles. The Labute approximate surface area is 149 Å². The van der Waals surface area contributed by atoms with E-state index in [-0.39, 0.29) is 0 Å². The number of piperidine rings is 1. The summed E-state index contributed by atoms with van der Waals surface area (Å²) in [7, 11) is 0. The first-order chi connectivity index (χ1) is 11.7. The fraction of sp³-hybridized carbons (Fsp3) is 0.400. The summed E-state index contributed by atoms with van der Waals surface area (Å²) < 4.78 is 0. The predicted octanol–water partition coefficient (Wildman–Crippen LogP) is 4.05. The van der Waals surface area contributed by atoms with Crippen LogP contribution < -0.4 is 5.32 Å². The van der Waals surface area contributed by atoms with E-state index in [1.54, 1.807) is 12.1 Å². The summed E-state index contributed by atoms with van der Waals surface area (Å²) in [6.45, 7) is 5.14. The molecule has 0 bridgehead atoms. The van der Waals surface area contributed by atoms with Crippen molar-refractivity contribution in [3.63, 3.8) is 0 Å². The lowest BCUT2D eigenvalue weighted by atomic mass is 9.96. The van der Waals surface area contributed by atoms with E-state index in [1.807, 2.05) is 24.3 Å². The van der Waals surface area contributed by atoms with Gasteiger partial charge in [-0.25, -0.2) is 0 Å². The van der Waals surface area contributed by atoms with Gasteiger partial charge in [-0.15, -0.1) is 0 Å². The van der Waals surface area contributed by atoms with E-state index < -0.39 is 0 Å². The lowest BCUT2D eigenvalue weighted by molar-refractivity contribution is 0.175. The Morgan fingerprint density at radius 3 is 2.46 bits per heavy atom. The second kappa shape index (κ2) is 8.52. The Kier molecular flexibility index (Phi) is 6.13. The summed E-state index contributed by atoms with van der Waals surface area (Å²) in [5, 5.41) is 13.7. The largest absolute Gasteiger partial charge is 0.508 e. The van der Waals surface area contributed by atoms with Gasteiger partial charge in [-0.3, -0.25) is 4.90 Å². The Morgan fingerprint density at radius 1 is 1.04 bits per heavy atom. The molecule has 0 aliphatic carbocycles. The van der Waals surface area contributed by atoms with E-state index in [0.717, 1.165) is 43.7 Å². The molecule has 3 rings (SSSR count). The van der Waals surface area contributed by atoms with Gasteiger partial charge >= 0.3 is 0 Å². The zero-order valence-electron chi connectivity index (χ0n) is 13.9. The van der Waals surface area contributed by atoms with Crippen molar-refractivity contribution in [3.8, 4) is 5.75 Å². The van der Waals surface area contributed by atoms with Gasteiger partial charge in [0.15, 0.2) is 0 Å². The molecule has 1 heterocycles. The van der Waals surface area contributed by atoms with E-state index in [0.29, 0.717) is 5.75 Å². The average molecular weight is 345 g/mol. The molecule has 2 aromatic rings. The van der Waals surface area contributed by atoms with Gasteiger partial charge in [0, 0.05) is 18.1 Å². The summed E-state index contributed by atoms with van der Waals surface area (Å²) in [5.41, 5.74) is 2.44. The zero-order chi connectivity index (χ0) is 16.8. The average Bonchev–Trinajstić information content (AvgIpc) is 2.60. The highest BCUT2D eigenvalue weighted by Crippen LogP contribution is 2.22. The molecule has 3 nitrogen and oxygen atoms in total. The van der Waals surface area contributed by atoms with Gasteiger partial charge < -0.3 is 10.4 Å². The molecule has 2 aromatic carbocycles. The highest BCUT2D eigenvalue weighted by atomic mass is 35.5. The molecule has 1 fully saturated rings. The van der Waals surface area contributed by atoms with Crippen molar-refractivity contribution in [2.45, 2.75) is 25.9 Å². The fourth-order valence-corrected chi connectivity index (χ4v) is 3.45.